The summed E-state index contributed by atoms with van der Waals surface area (Å²) < 4.78 is 5.44. The lowest BCUT2D eigenvalue weighted by atomic mass is 10.2. The lowest BCUT2D eigenvalue weighted by molar-refractivity contribution is 0.122. The van der Waals surface area contributed by atoms with E-state index in [4.69, 9.17) is 4.74 Å². The molecular formula is C17H27N5OS. The van der Waals surface area contributed by atoms with E-state index in [9.17, 15) is 0 Å². The van der Waals surface area contributed by atoms with Crippen molar-refractivity contribution in [2.24, 2.45) is 4.99 Å². The minimum Gasteiger partial charge on any atom is -0.378 e. The topological polar surface area (TPSA) is 61.8 Å². The number of nitrogens with one attached hydrogen (secondary N) is 2. The summed E-state index contributed by atoms with van der Waals surface area (Å²) in [5, 5.41) is 7.58. The lowest BCUT2D eigenvalue weighted by Crippen LogP contribution is -2.41. The van der Waals surface area contributed by atoms with Gasteiger partial charge in [0.25, 0.3) is 0 Å². The predicted octanol–water partition coefficient (Wildman–Crippen LogP) is 1.48. The molecule has 7 heteroatoms. The van der Waals surface area contributed by atoms with Crippen molar-refractivity contribution in [3.05, 3.63) is 23.9 Å². The molecule has 2 fully saturated rings. The van der Waals surface area contributed by atoms with Crippen molar-refractivity contribution in [1.82, 2.24) is 15.6 Å². The van der Waals surface area contributed by atoms with Gasteiger partial charge in [-0.05, 0) is 24.7 Å². The Balaban J connectivity index is 1.54. The maximum atomic E-state index is 5.44. The monoisotopic (exact) mass is 349 g/mol. The van der Waals surface area contributed by atoms with Crippen LogP contribution in [0.5, 0.6) is 0 Å². The van der Waals surface area contributed by atoms with Crippen LogP contribution >= 0.6 is 11.8 Å². The number of hydrogen-bond donors (Lipinski definition) is 2. The molecule has 2 aliphatic heterocycles. The number of anilines is 1. The molecule has 0 saturated carbocycles. The first kappa shape index (κ1) is 17.4. The van der Waals surface area contributed by atoms with Crippen molar-refractivity contribution in [2.45, 2.75) is 24.6 Å². The van der Waals surface area contributed by atoms with E-state index in [0.29, 0.717) is 5.25 Å². The third kappa shape index (κ3) is 4.77. The summed E-state index contributed by atoms with van der Waals surface area (Å²) in [4.78, 5) is 11.2. The quantitative estimate of drug-likeness (QED) is 0.620. The number of hydrogen-bond acceptors (Lipinski definition) is 5. The Morgan fingerprint density at radius 2 is 2.29 bits per heavy atom. The summed E-state index contributed by atoms with van der Waals surface area (Å²) in [7, 11) is 1.82. The second kappa shape index (κ2) is 9.13. The van der Waals surface area contributed by atoms with Crippen LogP contribution in [0.1, 0.15) is 18.4 Å². The summed E-state index contributed by atoms with van der Waals surface area (Å²) in [6.07, 6.45) is 4.50. The zero-order chi connectivity index (χ0) is 16.6. The third-order valence-corrected chi connectivity index (χ3v) is 5.77. The van der Waals surface area contributed by atoms with Gasteiger partial charge in [-0.1, -0.05) is 6.07 Å². The molecule has 0 spiro atoms. The number of aromatic nitrogens is 1. The molecule has 1 unspecified atom stereocenters. The number of ether oxygens (including phenoxy) is 1. The van der Waals surface area contributed by atoms with E-state index in [-0.39, 0.29) is 0 Å². The van der Waals surface area contributed by atoms with Crippen LogP contribution in [0.25, 0.3) is 0 Å². The Morgan fingerprint density at radius 1 is 1.42 bits per heavy atom. The van der Waals surface area contributed by atoms with Crippen molar-refractivity contribution in [2.75, 3.05) is 50.5 Å². The molecule has 3 rings (SSSR count). The maximum absolute atomic E-state index is 5.44. The molecule has 24 heavy (non-hydrogen) atoms. The van der Waals surface area contributed by atoms with Gasteiger partial charge in [0.05, 0.1) is 13.2 Å². The molecule has 2 N–H and O–H groups in total. The average molecular weight is 350 g/mol. The highest BCUT2D eigenvalue weighted by Gasteiger charge is 2.17. The number of aliphatic imine (C=N–C) groups is 1. The Morgan fingerprint density at radius 3 is 3.04 bits per heavy atom. The van der Waals surface area contributed by atoms with Gasteiger partial charge in [0, 0.05) is 50.2 Å². The van der Waals surface area contributed by atoms with Crippen molar-refractivity contribution in [1.29, 1.82) is 0 Å². The van der Waals surface area contributed by atoms with Gasteiger partial charge in [0.2, 0.25) is 0 Å². The number of nitrogens with zero attached hydrogens (tertiary/aromatic N) is 3. The Hall–Kier alpha value is -1.47. The normalized spacial score (nSPS) is 21.8. The summed E-state index contributed by atoms with van der Waals surface area (Å²) in [5.74, 6) is 3.20. The van der Waals surface area contributed by atoms with Gasteiger partial charge in [0.15, 0.2) is 5.96 Å². The first-order chi connectivity index (χ1) is 11.9. The fourth-order valence-electron chi connectivity index (χ4n) is 3.04. The highest BCUT2D eigenvalue weighted by molar-refractivity contribution is 8.00. The van der Waals surface area contributed by atoms with Gasteiger partial charge in [-0.3, -0.25) is 4.99 Å². The smallest absolute Gasteiger partial charge is 0.191 e. The van der Waals surface area contributed by atoms with E-state index in [1.165, 1.54) is 24.2 Å². The molecular weight excluding hydrogens is 322 g/mol. The van der Waals surface area contributed by atoms with E-state index in [0.717, 1.165) is 51.2 Å². The number of guanidine groups is 1. The number of thioether (sulfide) groups is 1. The SMILES string of the molecule is CN=C(NCc1cccnc1N1CCOCC1)NCC1CCCS1. The Kier molecular flexibility index (Phi) is 6.60. The van der Waals surface area contributed by atoms with Gasteiger partial charge < -0.3 is 20.3 Å². The minimum absolute atomic E-state index is 0.714. The average Bonchev–Trinajstić information content (AvgIpc) is 3.16. The lowest BCUT2D eigenvalue weighted by Gasteiger charge is -2.29. The second-order valence-electron chi connectivity index (χ2n) is 6.03. The highest BCUT2D eigenvalue weighted by atomic mass is 32.2. The predicted molar refractivity (Wildman–Crippen MR) is 101 cm³/mol. The first-order valence-electron chi connectivity index (χ1n) is 8.69. The fourth-order valence-corrected chi connectivity index (χ4v) is 4.24. The van der Waals surface area contributed by atoms with Gasteiger partial charge >= 0.3 is 0 Å². The van der Waals surface area contributed by atoms with Crippen LogP contribution in [-0.2, 0) is 11.3 Å². The zero-order valence-electron chi connectivity index (χ0n) is 14.3. The van der Waals surface area contributed by atoms with E-state index >= 15 is 0 Å². The summed E-state index contributed by atoms with van der Waals surface area (Å²) >= 11 is 2.06. The molecule has 132 valence electrons. The van der Waals surface area contributed by atoms with Crippen molar-refractivity contribution in [3.8, 4) is 0 Å². The van der Waals surface area contributed by atoms with Gasteiger partial charge in [-0.25, -0.2) is 4.98 Å². The molecule has 3 heterocycles. The van der Waals surface area contributed by atoms with Crippen LogP contribution in [0.15, 0.2) is 23.3 Å². The fraction of sp³-hybridized carbons (Fsp3) is 0.647. The Bertz CT molecular complexity index is 542. The summed E-state index contributed by atoms with van der Waals surface area (Å²) in [6.45, 7) is 5.04. The third-order valence-electron chi connectivity index (χ3n) is 4.37. The Labute approximate surface area is 148 Å². The number of pyridine rings is 1. The number of rotatable bonds is 5. The van der Waals surface area contributed by atoms with Crippen LogP contribution in [0, 0.1) is 0 Å². The van der Waals surface area contributed by atoms with Crippen LogP contribution in [0.4, 0.5) is 5.82 Å². The van der Waals surface area contributed by atoms with Crippen LogP contribution in [0.3, 0.4) is 0 Å². The molecule has 6 nitrogen and oxygen atoms in total. The molecule has 2 saturated heterocycles. The molecule has 0 aromatic carbocycles. The van der Waals surface area contributed by atoms with Crippen molar-refractivity contribution < 1.29 is 4.74 Å². The minimum atomic E-state index is 0.714. The van der Waals surface area contributed by atoms with Gasteiger partial charge in [-0.15, -0.1) is 0 Å². The number of morpholine rings is 1. The standard InChI is InChI=1S/C17H27N5OS/c1-18-17(21-13-15-5-3-11-24-15)20-12-14-4-2-6-19-16(14)22-7-9-23-10-8-22/h2,4,6,15H,3,5,7-13H2,1H3,(H2,18,20,21). The molecule has 2 aliphatic rings. The van der Waals surface area contributed by atoms with Crippen molar-refractivity contribution >= 4 is 23.5 Å². The van der Waals surface area contributed by atoms with E-state index in [1.807, 2.05) is 19.3 Å². The van der Waals surface area contributed by atoms with Crippen LogP contribution in [0.2, 0.25) is 0 Å². The maximum Gasteiger partial charge on any atom is 0.191 e. The van der Waals surface area contributed by atoms with Gasteiger partial charge in [0.1, 0.15) is 5.82 Å². The molecule has 1 aromatic heterocycles. The van der Waals surface area contributed by atoms with Crippen LogP contribution in [-0.4, -0.2) is 61.8 Å². The van der Waals surface area contributed by atoms with Crippen molar-refractivity contribution in [3.63, 3.8) is 0 Å². The molecule has 0 bridgehead atoms. The van der Waals surface area contributed by atoms with Crippen LogP contribution < -0.4 is 15.5 Å². The summed E-state index contributed by atoms with van der Waals surface area (Å²) in [5.41, 5.74) is 1.19. The van der Waals surface area contributed by atoms with E-state index in [2.05, 4.69) is 43.3 Å². The molecule has 0 aliphatic carbocycles. The van der Waals surface area contributed by atoms with E-state index in [1.54, 1.807) is 0 Å². The first-order valence-corrected chi connectivity index (χ1v) is 9.74. The summed E-state index contributed by atoms with van der Waals surface area (Å²) in [6, 6.07) is 4.12. The van der Waals surface area contributed by atoms with E-state index < -0.39 is 0 Å². The highest BCUT2D eigenvalue weighted by Crippen LogP contribution is 2.25. The zero-order valence-corrected chi connectivity index (χ0v) is 15.1. The molecule has 1 aromatic rings. The molecule has 0 amide bonds. The molecule has 0 radical (unpaired) electrons. The van der Waals surface area contributed by atoms with Gasteiger partial charge in [-0.2, -0.15) is 11.8 Å². The second-order valence-corrected chi connectivity index (χ2v) is 7.44. The largest absolute Gasteiger partial charge is 0.378 e. The molecule has 1 atom stereocenters.